The number of amides is 1. The second-order valence-electron chi connectivity index (χ2n) is 4.61. The lowest BCUT2D eigenvalue weighted by atomic mass is 9.97. The molecule has 1 rings (SSSR count). The number of rotatable bonds is 4. The highest BCUT2D eigenvalue weighted by Gasteiger charge is 2.28. The molecule has 0 saturated carbocycles. The maximum absolute atomic E-state index is 11.8. The van der Waals surface area contributed by atoms with Gasteiger partial charge >= 0.3 is 5.97 Å². The number of piperidine rings is 1. The number of nitrogens with one attached hydrogen (secondary N) is 2. The smallest absolute Gasteiger partial charge is 0.326 e. The highest BCUT2D eigenvalue weighted by atomic mass is 16.4. The zero-order valence-electron chi connectivity index (χ0n) is 9.82. The van der Waals surface area contributed by atoms with Crippen molar-refractivity contribution in [2.45, 2.75) is 32.7 Å². The summed E-state index contributed by atoms with van der Waals surface area (Å²) in [4.78, 5) is 22.7. The van der Waals surface area contributed by atoms with Crippen LogP contribution in [0.1, 0.15) is 26.7 Å². The first kappa shape index (κ1) is 13.0. The molecule has 0 aromatic rings. The fourth-order valence-corrected chi connectivity index (χ4v) is 1.86. The largest absolute Gasteiger partial charge is 0.480 e. The van der Waals surface area contributed by atoms with Crippen molar-refractivity contribution in [1.29, 1.82) is 0 Å². The molecule has 5 nitrogen and oxygen atoms in total. The normalized spacial score (nSPS) is 22.8. The SMILES string of the molecule is CC(C)[C@@H](NC(=O)C1CCCNC1)C(=O)O. The van der Waals surface area contributed by atoms with Crippen molar-refractivity contribution in [2.75, 3.05) is 13.1 Å². The van der Waals surface area contributed by atoms with Crippen molar-refractivity contribution < 1.29 is 14.7 Å². The van der Waals surface area contributed by atoms with Gasteiger partial charge in [-0.3, -0.25) is 4.79 Å². The van der Waals surface area contributed by atoms with Crippen LogP contribution >= 0.6 is 0 Å². The van der Waals surface area contributed by atoms with E-state index in [1.165, 1.54) is 0 Å². The molecule has 0 bridgehead atoms. The van der Waals surface area contributed by atoms with Gasteiger partial charge in [0, 0.05) is 6.54 Å². The molecule has 0 aromatic heterocycles. The predicted molar refractivity (Wildman–Crippen MR) is 60.0 cm³/mol. The van der Waals surface area contributed by atoms with Gasteiger partial charge in [0.15, 0.2) is 0 Å². The Bertz CT molecular complexity index is 260. The molecule has 1 saturated heterocycles. The Balaban J connectivity index is 2.50. The molecule has 0 aliphatic carbocycles. The molecule has 1 fully saturated rings. The standard InChI is InChI=1S/C11H20N2O3/c1-7(2)9(11(15)16)13-10(14)8-4-3-5-12-6-8/h7-9,12H,3-6H2,1-2H3,(H,13,14)(H,15,16)/t8?,9-/m1/s1. The molecule has 1 unspecified atom stereocenters. The van der Waals surface area contributed by atoms with Gasteiger partial charge in [-0.2, -0.15) is 0 Å². The highest BCUT2D eigenvalue weighted by molar-refractivity contribution is 5.85. The Morgan fingerprint density at radius 1 is 1.44 bits per heavy atom. The van der Waals surface area contributed by atoms with Crippen LogP contribution in [0.5, 0.6) is 0 Å². The molecular weight excluding hydrogens is 208 g/mol. The molecule has 5 heteroatoms. The first-order valence-electron chi connectivity index (χ1n) is 5.76. The van der Waals surface area contributed by atoms with Crippen molar-refractivity contribution in [3.63, 3.8) is 0 Å². The lowest BCUT2D eigenvalue weighted by Gasteiger charge is -2.25. The third-order valence-corrected chi connectivity index (χ3v) is 2.90. The Morgan fingerprint density at radius 2 is 2.12 bits per heavy atom. The zero-order chi connectivity index (χ0) is 12.1. The summed E-state index contributed by atoms with van der Waals surface area (Å²) >= 11 is 0. The van der Waals surface area contributed by atoms with Gasteiger partial charge < -0.3 is 15.7 Å². The molecule has 0 spiro atoms. The van der Waals surface area contributed by atoms with Crippen molar-refractivity contribution in [3.05, 3.63) is 0 Å². The van der Waals surface area contributed by atoms with E-state index >= 15 is 0 Å². The number of hydrogen-bond donors (Lipinski definition) is 3. The molecule has 92 valence electrons. The van der Waals surface area contributed by atoms with Crippen LogP contribution in [0.25, 0.3) is 0 Å². The average molecular weight is 228 g/mol. The quantitative estimate of drug-likeness (QED) is 0.643. The van der Waals surface area contributed by atoms with Gasteiger partial charge in [0.1, 0.15) is 6.04 Å². The lowest BCUT2D eigenvalue weighted by molar-refractivity contribution is -0.143. The van der Waals surface area contributed by atoms with Gasteiger partial charge in [-0.05, 0) is 25.3 Å². The van der Waals surface area contributed by atoms with Gasteiger partial charge in [0.2, 0.25) is 5.91 Å². The second kappa shape index (κ2) is 5.84. The van der Waals surface area contributed by atoms with Gasteiger partial charge in [-0.25, -0.2) is 4.79 Å². The van der Waals surface area contributed by atoms with Crippen LogP contribution in [-0.2, 0) is 9.59 Å². The predicted octanol–water partition coefficient (Wildman–Crippen LogP) is 0.211. The first-order valence-corrected chi connectivity index (χ1v) is 5.76. The number of carboxylic acids is 1. The summed E-state index contributed by atoms with van der Waals surface area (Å²) in [5.74, 6) is -1.30. The second-order valence-corrected chi connectivity index (χ2v) is 4.61. The van der Waals surface area contributed by atoms with Crippen LogP contribution < -0.4 is 10.6 Å². The maximum atomic E-state index is 11.8. The summed E-state index contributed by atoms with van der Waals surface area (Å²) in [7, 11) is 0. The van der Waals surface area contributed by atoms with Gasteiger partial charge in [-0.1, -0.05) is 13.8 Å². The number of carbonyl (C=O) groups excluding carboxylic acids is 1. The van der Waals surface area contributed by atoms with E-state index in [1.54, 1.807) is 13.8 Å². The van der Waals surface area contributed by atoms with Gasteiger partial charge in [0.25, 0.3) is 0 Å². The molecule has 1 heterocycles. The minimum absolute atomic E-state index is 0.0886. The summed E-state index contributed by atoms with van der Waals surface area (Å²) in [6.45, 7) is 5.17. The van der Waals surface area contributed by atoms with Crippen molar-refractivity contribution in [2.24, 2.45) is 11.8 Å². The molecule has 1 aliphatic heterocycles. The molecule has 1 aliphatic rings. The number of aliphatic carboxylic acids is 1. The summed E-state index contributed by atoms with van der Waals surface area (Å²) in [5.41, 5.74) is 0. The van der Waals surface area contributed by atoms with Gasteiger partial charge in [-0.15, -0.1) is 0 Å². The third-order valence-electron chi connectivity index (χ3n) is 2.90. The lowest BCUT2D eigenvalue weighted by Crippen LogP contribution is -2.49. The van der Waals surface area contributed by atoms with E-state index in [-0.39, 0.29) is 17.7 Å². The van der Waals surface area contributed by atoms with Crippen LogP contribution in [0.3, 0.4) is 0 Å². The van der Waals surface area contributed by atoms with Crippen molar-refractivity contribution in [1.82, 2.24) is 10.6 Å². The van der Waals surface area contributed by atoms with E-state index in [2.05, 4.69) is 10.6 Å². The fourth-order valence-electron chi connectivity index (χ4n) is 1.86. The fraction of sp³-hybridized carbons (Fsp3) is 0.818. The Kier molecular flexibility index (Phi) is 4.73. The van der Waals surface area contributed by atoms with Crippen LogP contribution in [0.15, 0.2) is 0 Å². The van der Waals surface area contributed by atoms with E-state index in [9.17, 15) is 9.59 Å². The van der Waals surface area contributed by atoms with E-state index in [4.69, 9.17) is 5.11 Å². The summed E-state index contributed by atoms with van der Waals surface area (Å²) in [6, 6.07) is -0.783. The zero-order valence-corrected chi connectivity index (χ0v) is 9.82. The molecule has 3 N–H and O–H groups in total. The highest BCUT2D eigenvalue weighted by Crippen LogP contribution is 2.11. The molecule has 0 aromatic carbocycles. The van der Waals surface area contributed by atoms with E-state index in [1.807, 2.05) is 0 Å². The minimum atomic E-state index is -0.966. The van der Waals surface area contributed by atoms with Crippen molar-refractivity contribution in [3.8, 4) is 0 Å². The molecular formula is C11H20N2O3. The van der Waals surface area contributed by atoms with Crippen molar-refractivity contribution >= 4 is 11.9 Å². The number of hydrogen-bond acceptors (Lipinski definition) is 3. The van der Waals surface area contributed by atoms with E-state index < -0.39 is 12.0 Å². The number of carboxylic acid groups (broad SMARTS) is 1. The molecule has 1 amide bonds. The monoisotopic (exact) mass is 228 g/mol. The molecule has 0 radical (unpaired) electrons. The van der Waals surface area contributed by atoms with Gasteiger partial charge in [0.05, 0.1) is 5.92 Å². The first-order chi connectivity index (χ1) is 7.52. The topological polar surface area (TPSA) is 78.4 Å². The van der Waals surface area contributed by atoms with E-state index in [0.717, 1.165) is 19.4 Å². The average Bonchev–Trinajstić information content (AvgIpc) is 2.25. The van der Waals surface area contributed by atoms with Crippen LogP contribution in [0.2, 0.25) is 0 Å². The summed E-state index contributed by atoms with van der Waals surface area (Å²) < 4.78 is 0. The molecule has 16 heavy (non-hydrogen) atoms. The Morgan fingerprint density at radius 3 is 2.56 bits per heavy atom. The summed E-state index contributed by atoms with van der Waals surface area (Å²) in [5, 5.41) is 14.7. The summed E-state index contributed by atoms with van der Waals surface area (Å²) in [6.07, 6.45) is 1.81. The Labute approximate surface area is 95.6 Å². The minimum Gasteiger partial charge on any atom is -0.480 e. The van der Waals surface area contributed by atoms with Crippen LogP contribution in [-0.4, -0.2) is 36.1 Å². The number of carbonyl (C=O) groups is 2. The Hall–Kier alpha value is -1.10. The van der Waals surface area contributed by atoms with Crippen LogP contribution in [0, 0.1) is 11.8 Å². The molecule has 2 atom stereocenters. The van der Waals surface area contributed by atoms with Crippen LogP contribution in [0.4, 0.5) is 0 Å². The third kappa shape index (κ3) is 3.48. The maximum Gasteiger partial charge on any atom is 0.326 e. The van der Waals surface area contributed by atoms with E-state index in [0.29, 0.717) is 6.54 Å².